The molecule has 174 valence electrons. The van der Waals surface area contributed by atoms with Gasteiger partial charge in [0.15, 0.2) is 0 Å². The van der Waals surface area contributed by atoms with Gasteiger partial charge in [-0.25, -0.2) is 0 Å². The SMILES string of the molecule is COc1ccc(C[C@H]2COc3ccccc3CN2Cc2ccc(OCCN(C)C)cc2)cc1. The Morgan fingerprint density at radius 2 is 1.61 bits per heavy atom. The van der Waals surface area contributed by atoms with E-state index >= 15 is 0 Å². The molecule has 33 heavy (non-hydrogen) atoms. The fourth-order valence-corrected chi connectivity index (χ4v) is 4.09. The maximum Gasteiger partial charge on any atom is 0.123 e. The molecule has 0 N–H and O–H groups in total. The number of hydrogen-bond acceptors (Lipinski definition) is 5. The lowest BCUT2D eigenvalue weighted by atomic mass is 10.0. The number of benzene rings is 3. The van der Waals surface area contributed by atoms with Crippen molar-refractivity contribution in [3.63, 3.8) is 0 Å². The van der Waals surface area contributed by atoms with Gasteiger partial charge in [-0.1, -0.05) is 42.5 Å². The van der Waals surface area contributed by atoms with Crippen LogP contribution in [0.25, 0.3) is 0 Å². The maximum absolute atomic E-state index is 6.24. The summed E-state index contributed by atoms with van der Waals surface area (Å²) in [5, 5.41) is 0. The van der Waals surface area contributed by atoms with E-state index in [-0.39, 0.29) is 6.04 Å². The molecule has 0 unspecified atom stereocenters. The molecule has 3 aromatic rings. The van der Waals surface area contributed by atoms with Crippen LogP contribution in [0.3, 0.4) is 0 Å². The molecule has 4 rings (SSSR count). The third kappa shape index (κ3) is 6.50. The van der Waals surface area contributed by atoms with Crippen molar-refractivity contribution in [3.8, 4) is 17.2 Å². The van der Waals surface area contributed by atoms with E-state index in [4.69, 9.17) is 14.2 Å². The second kappa shape index (κ2) is 11.2. The van der Waals surface area contributed by atoms with Gasteiger partial charge in [0.1, 0.15) is 30.5 Å². The third-order valence-electron chi connectivity index (χ3n) is 6.04. The molecule has 0 spiro atoms. The zero-order chi connectivity index (χ0) is 23.0. The molecule has 1 aliphatic heterocycles. The van der Waals surface area contributed by atoms with Gasteiger partial charge in [-0.2, -0.15) is 0 Å². The average molecular weight is 447 g/mol. The van der Waals surface area contributed by atoms with Crippen LogP contribution in [0, 0.1) is 0 Å². The molecule has 5 heteroatoms. The Labute approximate surface area is 197 Å². The van der Waals surface area contributed by atoms with Gasteiger partial charge in [0, 0.05) is 31.2 Å². The van der Waals surface area contributed by atoms with Gasteiger partial charge in [0.25, 0.3) is 0 Å². The fraction of sp³-hybridized carbons (Fsp3) is 0.357. The summed E-state index contributed by atoms with van der Waals surface area (Å²) in [4.78, 5) is 4.65. The van der Waals surface area contributed by atoms with Crippen LogP contribution in [0.4, 0.5) is 0 Å². The second-order valence-corrected chi connectivity index (χ2v) is 8.83. The van der Waals surface area contributed by atoms with E-state index in [0.29, 0.717) is 13.2 Å². The van der Waals surface area contributed by atoms with Gasteiger partial charge in [-0.05, 0) is 62.0 Å². The quantitative estimate of drug-likeness (QED) is 0.478. The van der Waals surface area contributed by atoms with E-state index in [2.05, 4.69) is 78.5 Å². The van der Waals surface area contributed by atoms with Crippen LogP contribution in [-0.4, -0.2) is 56.8 Å². The third-order valence-corrected chi connectivity index (χ3v) is 6.04. The van der Waals surface area contributed by atoms with Crippen LogP contribution in [-0.2, 0) is 19.5 Å². The summed E-state index contributed by atoms with van der Waals surface area (Å²) in [6, 6.07) is 25.5. The molecule has 3 aromatic carbocycles. The van der Waals surface area contributed by atoms with Crippen molar-refractivity contribution >= 4 is 0 Å². The molecule has 0 fully saturated rings. The monoisotopic (exact) mass is 446 g/mol. The number of fused-ring (bicyclic) bond motifs is 1. The van der Waals surface area contributed by atoms with Crippen LogP contribution < -0.4 is 14.2 Å². The molecule has 1 atom stereocenters. The Hall–Kier alpha value is -3.02. The Balaban J connectivity index is 1.48. The number of ether oxygens (including phenoxy) is 3. The first kappa shape index (κ1) is 23.1. The number of methoxy groups -OCH3 is 1. The van der Waals surface area contributed by atoms with Crippen LogP contribution >= 0.6 is 0 Å². The highest BCUT2D eigenvalue weighted by Gasteiger charge is 2.25. The van der Waals surface area contributed by atoms with Crippen molar-refractivity contribution in [1.29, 1.82) is 0 Å². The van der Waals surface area contributed by atoms with E-state index in [9.17, 15) is 0 Å². The van der Waals surface area contributed by atoms with Crippen LogP contribution in [0.5, 0.6) is 17.2 Å². The highest BCUT2D eigenvalue weighted by atomic mass is 16.5. The predicted molar refractivity (Wildman–Crippen MR) is 132 cm³/mol. The van der Waals surface area contributed by atoms with Crippen LogP contribution in [0.2, 0.25) is 0 Å². The van der Waals surface area contributed by atoms with Crippen molar-refractivity contribution in [1.82, 2.24) is 9.80 Å². The lowest BCUT2D eigenvalue weighted by Crippen LogP contribution is -2.38. The fourth-order valence-electron chi connectivity index (χ4n) is 4.09. The number of nitrogens with zero attached hydrogens (tertiary/aromatic N) is 2. The summed E-state index contributed by atoms with van der Waals surface area (Å²) in [5.41, 5.74) is 3.79. The summed E-state index contributed by atoms with van der Waals surface area (Å²) >= 11 is 0. The van der Waals surface area contributed by atoms with Gasteiger partial charge in [0.05, 0.1) is 7.11 Å². The molecule has 0 amide bonds. The van der Waals surface area contributed by atoms with Crippen molar-refractivity contribution in [3.05, 3.63) is 89.5 Å². The average Bonchev–Trinajstić information content (AvgIpc) is 3.00. The lowest BCUT2D eigenvalue weighted by Gasteiger charge is -2.29. The van der Waals surface area contributed by atoms with E-state index in [1.54, 1.807) is 7.11 Å². The minimum atomic E-state index is 0.266. The molecule has 1 heterocycles. The first-order valence-electron chi connectivity index (χ1n) is 11.5. The number of hydrogen-bond donors (Lipinski definition) is 0. The molecule has 0 bridgehead atoms. The zero-order valence-corrected chi connectivity index (χ0v) is 19.9. The van der Waals surface area contributed by atoms with Gasteiger partial charge in [0.2, 0.25) is 0 Å². The first-order chi connectivity index (χ1) is 16.1. The highest BCUT2D eigenvalue weighted by molar-refractivity contribution is 5.35. The molecule has 0 saturated carbocycles. The Bertz CT molecular complexity index is 1000. The summed E-state index contributed by atoms with van der Waals surface area (Å²) < 4.78 is 17.4. The first-order valence-corrected chi connectivity index (χ1v) is 11.5. The van der Waals surface area contributed by atoms with Crippen molar-refractivity contribution in [2.24, 2.45) is 0 Å². The Morgan fingerprint density at radius 1 is 0.909 bits per heavy atom. The van der Waals surface area contributed by atoms with Gasteiger partial charge in [-0.15, -0.1) is 0 Å². The molecular formula is C28H34N2O3. The van der Waals surface area contributed by atoms with Gasteiger partial charge < -0.3 is 19.1 Å². The normalized spacial score (nSPS) is 16.1. The van der Waals surface area contributed by atoms with Crippen molar-refractivity contribution in [2.75, 3.05) is 41.0 Å². The second-order valence-electron chi connectivity index (χ2n) is 8.83. The zero-order valence-electron chi connectivity index (χ0n) is 19.9. The molecule has 5 nitrogen and oxygen atoms in total. The standard InChI is InChI=1S/C28H34N2O3/c1-29(2)16-17-32-27-14-10-23(11-15-27)19-30-20-24-6-4-5-7-28(24)33-21-25(30)18-22-8-12-26(31-3)13-9-22/h4-15,25H,16-21H2,1-3H3/t25-/m0/s1. The molecule has 0 aromatic heterocycles. The number of likely N-dealkylation sites (N-methyl/N-ethyl adjacent to an activating group) is 1. The summed E-state index contributed by atoms with van der Waals surface area (Å²) in [5.74, 6) is 2.79. The van der Waals surface area contributed by atoms with E-state index in [1.807, 2.05) is 18.2 Å². The van der Waals surface area contributed by atoms with E-state index in [0.717, 1.165) is 43.3 Å². The summed E-state index contributed by atoms with van der Waals surface area (Å²) in [6.07, 6.45) is 0.920. The topological polar surface area (TPSA) is 34.2 Å². The van der Waals surface area contributed by atoms with Crippen molar-refractivity contribution in [2.45, 2.75) is 25.6 Å². The molecule has 0 radical (unpaired) electrons. The van der Waals surface area contributed by atoms with Gasteiger partial charge in [-0.3, -0.25) is 4.90 Å². The van der Waals surface area contributed by atoms with Crippen LogP contribution in [0.1, 0.15) is 16.7 Å². The van der Waals surface area contributed by atoms with Crippen molar-refractivity contribution < 1.29 is 14.2 Å². The maximum atomic E-state index is 6.24. The van der Waals surface area contributed by atoms with Crippen LogP contribution in [0.15, 0.2) is 72.8 Å². The molecule has 0 aliphatic carbocycles. The summed E-state index contributed by atoms with van der Waals surface area (Å²) in [6.45, 7) is 3.97. The van der Waals surface area contributed by atoms with Gasteiger partial charge >= 0.3 is 0 Å². The minimum Gasteiger partial charge on any atom is -0.497 e. The lowest BCUT2D eigenvalue weighted by molar-refractivity contribution is 0.138. The Kier molecular flexibility index (Phi) is 7.87. The van der Waals surface area contributed by atoms with E-state index < -0.39 is 0 Å². The largest absolute Gasteiger partial charge is 0.497 e. The Morgan fingerprint density at radius 3 is 2.33 bits per heavy atom. The molecular weight excluding hydrogens is 412 g/mol. The summed E-state index contributed by atoms with van der Waals surface area (Å²) in [7, 11) is 5.81. The highest BCUT2D eigenvalue weighted by Crippen LogP contribution is 2.28. The molecule has 0 saturated heterocycles. The molecule has 1 aliphatic rings. The predicted octanol–water partition coefficient (Wildman–Crippen LogP) is 4.64. The number of para-hydroxylation sites is 1. The minimum absolute atomic E-state index is 0.266. The number of rotatable bonds is 9. The smallest absolute Gasteiger partial charge is 0.123 e. The van der Waals surface area contributed by atoms with E-state index in [1.165, 1.54) is 16.7 Å².